The maximum atomic E-state index is 11.3. The SMILES string of the molecule is CC(=O)Nc1ccc(-c2c(C#N)c(N)nc(SCc3csc(-c4ccc(Cl)cc4)n3)c2C#N)cn1. The average molecular weight is 518 g/mol. The van der Waals surface area contributed by atoms with E-state index in [0.717, 1.165) is 16.3 Å². The van der Waals surface area contributed by atoms with Crippen molar-refractivity contribution in [3.63, 3.8) is 0 Å². The number of anilines is 2. The predicted octanol–water partition coefficient (Wildman–Crippen LogP) is 5.50. The van der Waals surface area contributed by atoms with Crippen LogP contribution in [0.15, 0.2) is 53.0 Å². The largest absolute Gasteiger partial charge is 0.383 e. The number of aromatic nitrogens is 3. The van der Waals surface area contributed by atoms with Gasteiger partial charge in [-0.25, -0.2) is 15.0 Å². The molecule has 0 aliphatic heterocycles. The van der Waals surface area contributed by atoms with Gasteiger partial charge in [0.1, 0.15) is 39.4 Å². The molecule has 0 saturated heterocycles. The molecule has 0 aliphatic rings. The van der Waals surface area contributed by atoms with Gasteiger partial charge in [-0.2, -0.15) is 10.5 Å². The van der Waals surface area contributed by atoms with E-state index in [1.54, 1.807) is 12.1 Å². The van der Waals surface area contributed by atoms with Crippen molar-refractivity contribution in [3.05, 3.63) is 69.8 Å². The van der Waals surface area contributed by atoms with Gasteiger partial charge in [0.15, 0.2) is 0 Å². The first kappa shape index (κ1) is 24.2. The zero-order chi connectivity index (χ0) is 24.9. The van der Waals surface area contributed by atoms with Crippen molar-refractivity contribution in [2.45, 2.75) is 17.7 Å². The number of hydrogen-bond acceptors (Lipinski definition) is 9. The Hall–Kier alpha value is -3.96. The lowest BCUT2D eigenvalue weighted by atomic mass is 9.98. The third kappa shape index (κ3) is 5.42. The minimum atomic E-state index is -0.256. The van der Waals surface area contributed by atoms with Gasteiger partial charge in [0.2, 0.25) is 5.91 Å². The highest BCUT2D eigenvalue weighted by atomic mass is 35.5. The van der Waals surface area contributed by atoms with Crippen LogP contribution in [0.2, 0.25) is 5.02 Å². The van der Waals surface area contributed by atoms with Crippen LogP contribution >= 0.6 is 34.7 Å². The molecule has 0 bridgehead atoms. The number of rotatable bonds is 6. The van der Waals surface area contributed by atoms with E-state index in [2.05, 4.69) is 26.3 Å². The molecule has 1 amide bonds. The van der Waals surface area contributed by atoms with E-state index in [1.165, 1.54) is 36.2 Å². The molecule has 0 aliphatic carbocycles. The summed E-state index contributed by atoms with van der Waals surface area (Å²) in [4.78, 5) is 24.5. The van der Waals surface area contributed by atoms with Gasteiger partial charge in [-0.15, -0.1) is 11.3 Å². The van der Waals surface area contributed by atoms with Crippen LogP contribution < -0.4 is 11.1 Å². The number of thiazole rings is 1. The van der Waals surface area contributed by atoms with E-state index < -0.39 is 0 Å². The van der Waals surface area contributed by atoms with E-state index in [9.17, 15) is 15.3 Å². The summed E-state index contributed by atoms with van der Waals surface area (Å²) in [6.45, 7) is 1.38. The maximum absolute atomic E-state index is 11.3. The fraction of sp³-hybridized carbons (Fsp3) is 0.0833. The minimum absolute atomic E-state index is 0.0232. The first-order valence-electron chi connectivity index (χ1n) is 10.1. The van der Waals surface area contributed by atoms with E-state index in [4.69, 9.17) is 17.3 Å². The standard InChI is InChI=1S/C24H16ClN7OS2/c1-13(33)30-20-7-4-15(10-29-20)21-18(8-26)22(28)32-24(19(21)9-27)35-12-17-11-34-23(31-17)14-2-5-16(25)6-3-14/h2-7,10-11H,12H2,1H3,(H2,28,32)(H,29,30,33). The van der Waals surface area contributed by atoms with Crippen molar-refractivity contribution in [3.8, 4) is 33.8 Å². The molecular formula is C24H16ClN7OS2. The lowest BCUT2D eigenvalue weighted by molar-refractivity contribution is -0.114. The lowest BCUT2D eigenvalue weighted by Gasteiger charge is -2.13. The van der Waals surface area contributed by atoms with Crippen LogP contribution in [0.4, 0.5) is 11.6 Å². The average Bonchev–Trinajstić information content (AvgIpc) is 3.32. The third-order valence-electron chi connectivity index (χ3n) is 4.77. The molecule has 0 fully saturated rings. The molecule has 11 heteroatoms. The van der Waals surface area contributed by atoms with Gasteiger partial charge in [0.05, 0.1) is 11.3 Å². The molecule has 0 radical (unpaired) electrons. The zero-order valence-corrected chi connectivity index (χ0v) is 20.6. The summed E-state index contributed by atoms with van der Waals surface area (Å²) < 4.78 is 0. The Kier molecular flexibility index (Phi) is 7.28. The number of thioether (sulfide) groups is 1. The van der Waals surface area contributed by atoms with Crippen molar-refractivity contribution in [2.24, 2.45) is 0 Å². The molecule has 0 atom stereocenters. The molecule has 0 saturated carbocycles. The highest BCUT2D eigenvalue weighted by Gasteiger charge is 2.21. The van der Waals surface area contributed by atoms with Gasteiger partial charge in [0, 0.05) is 46.0 Å². The summed E-state index contributed by atoms with van der Waals surface area (Å²) in [6, 6.07) is 14.9. The number of benzene rings is 1. The summed E-state index contributed by atoms with van der Waals surface area (Å²) in [5.41, 5.74) is 9.07. The van der Waals surface area contributed by atoms with Crippen molar-refractivity contribution in [1.82, 2.24) is 15.0 Å². The zero-order valence-electron chi connectivity index (χ0n) is 18.2. The van der Waals surface area contributed by atoms with E-state index >= 15 is 0 Å². The van der Waals surface area contributed by atoms with Crippen molar-refractivity contribution < 1.29 is 4.79 Å². The smallest absolute Gasteiger partial charge is 0.222 e. The number of carbonyl (C=O) groups excluding carboxylic acids is 1. The normalized spacial score (nSPS) is 10.4. The first-order valence-corrected chi connectivity index (χ1v) is 12.3. The van der Waals surface area contributed by atoms with Crippen LogP contribution in [0.1, 0.15) is 23.7 Å². The van der Waals surface area contributed by atoms with E-state index in [1.807, 2.05) is 35.7 Å². The fourth-order valence-electron chi connectivity index (χ4n) is 3.23. The van der Waals surface area contributed by atoms with Crippen LogP contribution in [-0.2, 0) is 10.5 Å². The van der Waals surface area contributed by atoms with Crippen molar-refractivity contribution in [2.75, 3.05) is 11.1 Å². The molecule has 1 aromatic carbocycles. The van der Waals surface area contributed by atoms with Crippen LogP contribution in [0, 0.1) is 22.7 Å². The summed E-state index contributed by atoms with van der Waals surface area (Å²) in [5, 5.41) is 26.1. The summed E-state index contributed by atoms with van der Waals surface area (Å²) in [7, 11) is 0. The Balaban J connectivity index is 1.65. The third-order valence-corrected chi connectivity index (χ3v) is 6.97. The lowest BCUT2D eigenvalue weighted by Crippen LogP contribution is -2.07. The summed E-state index contributed by atoms with van der Waals surface area (Å²) in [6.07, 6.45) is 1.48. The molecule has 3 aromatic heterocycles. The van der Waals surface area contributed by atoms with Crippen LogP contribution in [0.5, 0.6) is 0 Å². The summed E-state index contributed by atoms with van der Waals surface area (Å²) in [5.74, 6) is 0.578. The molecule has 0 unspecified atom stereocenters. The second kappa shape index (κ2) is 10.5. The number of nitriles is 2. The molecule has 4 aromatic rings. The highest BCUT2D eigenvalue weighted by molar-refractivity contribution is 7.98. The fourth-order valence-corrected chi connectivity index (χ4v) is 5.17. The van der Waals surface area contributed by atoms with E-state index in [0.29, 0.717) is 32.7 Å². The second-order valence-corrected chi connectivity index (χ2v) is 9.46. The number of nitrogen functional groups attached to an aromatic ring is 1. The van der Waals surface area contributed by atoms with Gasteiger partial charge in [0.25, 0.3) is 0 Å². The number of nitrogens with zero attached hydrogens (tertiary/aromatic N) is 5. The minimum Gasteiger partial charge on any atom is -0.383 e. The molecule has 8 nitrogen and oxygen atoms in total. The second-order valence-electron chi connectivity index (χ2n) is 7.20. The molecule has 4 rings (SSSR count). The number of halogens is 1. The highest BCUT2D eigenvalue weighted by Crippen LogP contribution is 2.37. The Bertz CT molecular complexity index is 1490. The number of nitrogens with one attached hydrogen (secondary N) is 1. The van der Waals surface area contributed by atoms with Crippen molar-refractivity contribution in [1.29, 1.82) is 10.5 Å². The number of nitrogens with two attached hydrogens (primary N) is 1. The number of amides is 1. The summed E-state index contributed by atoms with van der Waals surface area (Å²) >= 11 is 8.79. The van der Waals surface area contributed by atoms with Gasteiger partial charge >= 0.3 is 0 Å². The van der Waals surface area contributed by atoms with Gasteiger partial charge in [-0.1, -0.05) is 35.5 Å². The van der Waals surface area contributed by atoms with Gasteiger partial charge in [-0.05, 0) is 24.3 Å². The quantitative estimate of drug-likeness (QED) is 0.319. The van der Waals surface area contributed by atoms with Gasteiger partial charge in [-0.3, -0.25) is 4.79 Å². The Morgan fingerprint density at radius 3 is 2.46 bits per heavy atom. The molecule has 3 heterocycles. The number of pyridine rings is 2. The monoisotopic (exact) mass is 517 g/mol. The number of carbonyl (C=O) groups is 1. The Morgan fingerprint density at radius 2 is 1.83 bits per heavy atom. The van der Waals surface area contributed by atoms with E-state index in [-0.39, 0.29) is 22.9 Å². The van der Waals surface area contributed by atoms with Crippen molar-refractivity contribution >= 4 is 52.2 Å². The topological polar surface area (TPSA) is 141 Å². The Labute approximate surface area is 214 Å². The molecule has 3 N–H and O–H groups in total. The van der Waals surface area contributed by atoms with Crippen LogP contribution in [0.25, 0.3) is 21.7 Å². The molecule has 0 spiro atoms. The first-order chi connectivity index (χ1) is 16.9. The maximum Gasteiger partial charge on any atom is 0.222 e. The van der Waals surface area contributed by atoms with Gasteiger partial charge < -0.3 is 11.1 Å². The van der Waals surface area contributed by atoms with Crippen LogP contribution in [0.3, 0.4) is 0 Å². The van der Waals surface area contributed by atoms with Crippen LogP contribution in [-0.4, -0.2) is 20.9 Å². The molecule has 35 heavy (non-hydrogen) atoms. The molecular weight excluding hydrogens is 502 g/mol. The predicted molar refractivity (Wildman–Crippen MR) is 138 cm³/mol. The number of hydrogen-bond donors (Lipinski definition) is 2. The Morgan fingerprint density at radius 1 is 1.11 bits per heavy atom. The molecule has 172 valence electrons.